The summed E-state index contributed by atoms with van der Waals surface area (Å²) in [7, 11) is 0. The van der Waals surface area contributed by atoms with Gasteiger partial charge in [0.25, 0.3) is 6.01 Å². The summed E-state index contributed by atoms with van der Waals surface area (Å²) in [5.74, 6) is -0.103. The van der Waals surface area contributed by atoms with Crippen LogP contribution in [-0.2, 0) is 10.3 Å². The molecule has 3 heterocycles. The Hall–Kier alpha value is -2.83. The van der Waals surface area contributed by atoms with Gasteiger partial charge in [0, 0.05) is 25.5 Å². The molecular formula is C17H18N4O3. The van der Waals surface area contributed by atoms with Crippen molar-refractivity contribution in [1.82, 2.24) is 14.5 Å². The highest BCUT2D eigenvalue weighted by molar-refractivity contribution is 5.78. The van der Waals surface area contributed by atoms with Gasteiger partial charge < -0.3 is 19.0 Å². The minimum atomic E-state index is -0.955. The number of aromatic nitrogens is 3. The molecule has 2 aromatic heterocycles. The molecule has 0 bridgehead atoms. The quantitative estimate of drug-likeness (QED) is 0.795. The van der Waals surface area contributed by atoms with Crippen molar-refractivity contribution in [2.24, 2.45) is 0 Å². The van der Waals surface area contributed by atoms with Gasteiger partial charge in [-0.3, -0.25) is 0 Å². The number of aliphatic carboxylic acids is 1. The number of rotatable bonds is 3. The van der Waals surface area contributed by atoms with Crippen molar-refractivity contribution in [3.05, 3.63) is 42.5 Å². The predicted octanol–water partition coefficient (Wildman–Crippen LogP) is 2.41. The van der Waals surface area contributed by atoms with E-state index in [2.05, 4.69) is 9.97 Å². The summed E-state index contributed by atoms with van der Waals surface area (Å²) < 4.78 is 7.58. The van der Waals surface area contributed by atoms with Crippen molar-refractivity contribution in [3.63, 3.8) is 0 Å². The maximum absolute atomic E-state index is 12.0. The van der Waals surface area contributed by atoms with Crippen molar-refractivity contribution < 1.29 is 14.3 Å². The van der Waals surface area contributed by atoms with Gasteiger partial charge in [-0.15, -0.1) is 0 Å². The van der Waals surface area contributed by atoms with Crippen LogP contribution in [0.25, 0.3) is 11.1 Å². The van der Waals surface area contributed by atoms with Crippen LogP contribution in [0.4, 0.5) is 6.01 Å². The minimum Gasteiger partial charge on any atom is -0.479 e. The maximum Gasteiger partial charge on any atom is 0.330 e. The first kappa shape index (κ1) is 14.7. The maximum atomic E-state index is 12.0. The molecule has 4 rings (SSSR count). The van der Waals surface area contributed by atoms with Crippen LogP contribution in [0.1, 0.15) is 18.7 Å². The van der Waals surface area contributed by atoms with Gasteiger partial charge in [-0.25, -0.2) is 9.78 Å². The van der Waals surface area contributed by atoms with Crippen molar-refractivity contribution in [2.75, 3.05) is 18.0 Å². The normalized spacial score (nSPS) is 17.3. The van der Waals surface area contributed by atoms with E-state index in [1.165, 1.54) is 0 Å². The van der Waals surface area contributed by atoms with Gasteiger partial charge >= 0.3 is 5.97 Å². The number of benzene rings is 1. The average Bonchev–Trinajstić information content (AvgIpc) is 3.21. The molecule has 124 valence electrons. The van der Waals surface area contributed by atoms with Crippen LogP contribution in [0.15, 0.2) is 41.1 Å². The number of carboxylic acids is 1. The zero-order chi connectivity index (χ0) is 16.7. The topological polar surface area (TPSA) is 84.4 Å². The molecule has 24 heavy (non-hydrogen) atoms. The van der Waals surface area contributed by atoms with Crippen LogP contribution in [0.2, 0.25) is 0 Å². The van der Waals surface area contributed by atoms with Crippen LogP contribution < -0.4 is 4.90 Å². The fourth-order valence-electron chi connectivity index (χ4n) is 3.45. The fourth-order valence-corrected chi connectivity index (χ4v) is 3.45. The van der Waals surface area contributed by atoms with Crippen molar-refractivity contribution in [2.45, 2.75) is 25.3 Å². The number of piperidine rings is 1. The lowest BCUT2D eigenvalue weighted by Crippen LogP contribution is -2.51. The van der Waals surface area contributed by atoms with Gasteiger partial charge in [-0.1, -0.05) is 12.1 Å². The van der Waals surface area contributed by atoms with Crippen LogP contribution in [-0.4, -0.2) is 38.7 Å². The monoisotopic (exact) mass is 326 g/mol. The van der Waals surface area contributed by atoms with Crippen molar-refractivity contribution in [1.29, 1.82) is 0 Å². The smallest absolute Gasteiger partial charge is 0.330 e. The lowest BCUT2D eigenvalue weighted by molar-refractivity contribution is -0.149. The Balaban J connectivity index is 1.61. The van der Waals surface area contributed by atoms with Crippen LogP contribution >= 0.6 is 0 Å². The zero-order valence-corrected chi connectivity index (χ0v) is 13.3. The second-order valence-corrected chi connectivity index (χ2v) is 6.13. The predicted molar refractivity (Wildman–Crippen MR) is 88.0 cm³/mol. The van der Waals surface area contributed by atoms with Crippen LogP contribution in [0.5, 0.6) is 0 Å². The number of imidazole rings is 1. The Morgan fingerprint density at radius 2 is 2.04 bits per heavy atom. The molecule has 0 saturated carbocycles. The first-order valence-corrected chi connectivity index (χ1v) is 7.94. The minimum absolute atomic E-state index is 0.470. The molecule has 0 aliphatic carbocycles. The Bertz CT molecular complexity index is 857. The molecule has 1 fully saturated rings. The molecule has 1 aromatic carbocycles. The highest BCUT2D eigenvalue weighted by Gasteiger charge is 2.44. The molecule has 0 atom stereocenters. The number of carboxylic acid groups (broad SMARTS) is 1. The first-order valence-electron chi connectivity index (χ1n) is 7.94. The molecule has 1 saturated heterocycles. The number of oxazole rings is 1. The second kappa shape index (κ2) is 5.36. The fraction of sp³-hybridized carbons (Fsp3) is 0.353. The van der Waals surface area contributed by atoms with E-state index in [4.69, 9.17) is 4.42 Å². The molecule has 7 heteroatoms. The molecule has 0 radical (unpaired) electrons. The largest absolute Gasteiger partial charge is 0.479 e. The third-order valence-corrected chi connectivity index (χ3v) is 4.83. The number of hydrogen-bond donors (Lipinski definition) is 1. The van der Waals surface area contributed by atoms with E-state index in [9.17, 15) is 9.90 Å². The molecule has 7 nitrogen and oxygen atoms in total. The molecule has 1 N–H and O–H groups in total. The molecule has 0 unspecified atom stereocenters. The SMILES string of the molecule is Cc1nccn1C1(C(=O)O)CCN(c2nc3ccccc3o2)CC1. The lowest BCUT2D eigenvalue weighted by Gasteiger charge is -2.39. The molecule has 1 aliphatic rings. The second-order valence-electron chi connectivity index (χ2n) is 6.13. The number of nitrogens with zero attached hydrogens (tertiary/aromatic N) is 4. The van der Waals surface area contributed by atoms with Crippen LogP contribution in [0.3, 0.4) is 0 Å². The van der Waals surface area contributed by atoms with Crippen LogP contribution in [0, 0.1) is 6.92 Å². The number of anilines is 1. The zero-order valence-electron chi connectivity index (χ0n) is 13.3. The number of para-hydroxylation sites is 2. The first-order chi connectivity index (χ1) is 11.6. The summed E-state index contributed by atoms with van der Waals surface area (Å²) >= 11 is 0. The third kappa shape index (κ3) is 2.16. The summed E-state index contributed by atoms with van der Waals surface area (Å²) in [6.07, 6.45) is 4.34. The highest BCUT2D eigenvalue weighted by atomic mass is 16.4. The number of aryl methyl sites for hydroxylation is 1. The summed E-state index contributed by atoms with van der Waals surface area (Å²) in [6, 6.07) is 8.17. The Kier molecular flexibility index (Phi) is 3.30. The summed E-state index contributed by atoms with van der Waals surface area (Å²) in [4.78, 5) is 22.7. The number of carbonyl (C=O) groups is 1. The Morgan fingerprint density at radius 1 is 1.29 bits per heavy atom. The lowest BCUT2D eigenvalue weighted by atomic mass is 9.87. The highest BCUT2D eigenvalue weighted by Crippen LogP contribution is 2.34. The van der Waals surface area contributed by atoms with E-state index in [0.717, 1.165) is 11.1 Å². The summed E-state index contributed by atoms with van der Waals surface area (Å²) in [5, 5.41) is 9.85. The molecule has 3 aromatic rings. The molecule has 1 aliphatic heterocycles. The van der Waals surface area contributed by atoms with Gasteiger partial charge in [0.2, 0.25) is 0 Å². The van der Waals surface area contributed by atoms with E-state index in [0.29, 0.717) is 37.8 Å². The molecule has 0 amide bonds. The van der Waals surface area contributed by atoms with Crippen molar-refractivity contribution >= 4 is 23.1 Å². The average molecular weight is 326 g/mol. The van der Waals surface area contributed by atoms with E-state index in [-0.39, 0.29) is 0 Å². The van der Waals surface area contributed by atoms with Gasteiger partial charge in [-0.05, 0) is 31.9 Å². The standard InChI is InChI=1S/C17H18N4O3/c1-12-18-8-11-21(12)17(15(22)23)6-9-20(10-7-17)16-19-13-4-2-3-5-14(13)24-16/h2-5,8,11H,6-7,9-10H2,1H3,(H,22,23). The Labute approximate surface area is 138 Å². The third-order valence-electron chi connectivity index (χ3n) is 4.83. The van der Waals surface area contributed by atoms with E-state index < -0.39 is 11.5 Å². The van der Waals surface area contributed by atoms with E-state index >= 15 is 0 Å². The van der Waals surface area contributed by atoms with Gasteiger partial charge in [0.1, 0.15) is 16.9 Å². The van der Waals surface area contributed by atoms with E-state index in [1.807, 2.05) is 36.1 Å². The van der Waals surface area contributed by atoms with Gasteiger partial charge in [0.15, 0.2) is 5.58 Å². The Morgan fingerprint density at radius 3 is 2.67 bits per heavy atom. The number of fused-ring (bicyclic) bond motifs is 1. The molecular weight excluding hydrogens is 308 g/mol. The number of hydrogen-bond acceptors (Lipinski definition) is 5. The summed E-state index contributed by atoms with van der Waals surface area (Å²) in [5.41, 5.74) is 0.601. The van der Waals surface area contributed by atoms with Crippen molar-refractivity contribution in [3.8, 4) is 0 Å². The summed E-state index contributed by atoms with van der Waals surface area (Å²) in [6.45, 7) is 2.96. The van der Waals surface area contributed by atoms with E-state index in [1.54, 1.807) is 17.0 Å². The van der Waals surface area contributed by atoms with Gasteiger partial charge in [0.05, 0.1) is 0 Å². The molecule has 0 spiro atoms. The van der Waals surface area contributed by atoms with Gasteiger partial charge in [-0.2, -0.15) is 4.98 Å².